The molecule has 0 radical (unpaired) electrons. The van der Waals surface area contributed by atoms with Crippen molar-refractivity contribution in [2.45, 2.75) is 24.3 Å². The van der Waals surface area contributed by atoms with Gasteiger partial charge in [-0.3, -0.25) is 4.79 Å². The first-order valence-electron chi connectivity index (χ1n) is 7.27. The first-order valence-corrected chi connectivity index (χ1v) is 8.75. The Balaban J connectivity index is 1.56. The van der Waals surface area contributed by atoms with Crippen molar-refractivity contribution in [2.24, 2.45) is 0 Å². The van der Waals surface area contributed by atoms with Crippen LogP contribution in [-0.4, -0.2) is 43.8 Å². The second-order valence-electron chi connectivity index (χ2n) is 5.28. The minimum atomic E-state index is -3.68. The largest absolute Gasteiger partial charge is 0.472 e. The van der Waals surface area contributed by atoms with Gasteiger partial charge in [0.2, 0.25) is 15.9 Å². The topological polar surface area (TPSA) is 123 Å². The quantitative estimate of drug-likeness (QED) is 0.713. The predicted molar refractivity (Wildman–Crippen MR) is 81.8 cm³/mol. The Bertz CT molecular complexity index is 848. The SMILES string of the molecule is Cc1nonc1OCCNC(=O)[C@H]1Cc2ccccc2S(=O)(=O)N1. The molecule has 1 aliphatic heterocycles. The van der Waals surface area contributed by atoms with Gasteiger partial charge in [-0.05, 0) is 30.1 Å². The van der Waals surface area contributed by atoms with Crippen LogP contribution in [0.1, 0.15) is 11.3 Å². The van der Waals surface area contributed by atoms with Crippen LogP contribution in [0.3, 0.4) is 0 Å². The van der Waals surface area contributed by atoms with E-state index in [0.717, 1.165) is 0 Å². The number of aryl methyl sites for hydroxylation is 1. The molecule has 24 heavy (non-hydrogen) atoms. The molecule has 3 rings (SSSR count). The first-order chi connectivity index (χ1) is 11.5. The van der Waals surface area contributed by atoms with Crippen molar-refractivity contribution in [1.82, 2.24) is 20.4 Å². The highest BCUT2D eigenvalue weighted by molar-refractivity contribution is 7.89. The molecular weight excluding hydrogens is 336 g/mol. The van der Waals surface area contributed by atoms with Gasteiger partial charge in [0.15, 0.2) is 0 Å². The summed E-state index contributed by atoms with van der Waals surface area (Å²) < 4.78 is 36.5. The average molecular weight is 352 g/mol. The van der Waals surface area contributed by atoms with Crippen LogP contribution in [-0.2, 0) is 21.2 Å². The molecule has 9 nitrogen and oxygen atoms in total. The van der Waals surface area contributed by atoms with E-state index in [1.165, 1.54) is 6.07 Å². The minimum Gasteiger partial charge on any atom is -0.472 e. The zero-order chi connectivity index (χ0) is 17.2. The number of benzene rings is 1. The molecule has 0 fully saturated rings. The van der Waals surface area contributed by atoms with Crippen LogP contribution < -0.4 is 14.8 Å². The summed E-state index contributed by atoms with van der Waals surface area (Å²) in [5.74, 6) is -0.150. The first kappa shape index (κ1) is 16.4. The molecule has 0 unspecified atom stereocenters. The zero-order valence-corrected chi connectivity index (χ0v) is 13.7. The number of rotatable bonds is 5. The van der Waals surface area contributed by atoms with Gasteiger partial charge in [-0.25, -0.2) is 13.0 Å². The van der Waals surface area contributed by atoms with Crippen molar-refractivity contribution >= 4 is 15.9 Å². The Kier molecular flexibility index (Phi) is 4.49. The molecule has 1 aliphatic rings. The van der Waals surface area contributed by atoms with E-state index in [1.54, 1.807) is 25.1 Å². The molecule has 0 aliphatic carbocycles. The van der Waals surface area contributed by atoms with E-state index in [0.29, 0.717) is 17.7 Å². The van der Waals surface area contributed by atoms with Gasteiger partial charge in [0.25, 0.3) is 5.88 Å². The third-order valence-electron chi connectivity index (χ3n) is 3.55. The van der Waals surface area contributed by atoms with E-state index in [2.05, 4.69) is 25.0 Å². The Morgan fingerprint density at radius 3 is 2.96 bits per heavy atom. The highest BCUT2D eigenvalue weighted by atomic mass is 32.2. The molecule has 2 aromatic rings. The highest BCUT2D eigenvalue weighted by Crippen LogP contribution is 2.22. The normalized spacial score (nSPS) is 18.6. The molecule has 1 aromatic carbocycles. The van der Waals surface area contributed by atoms with Crippen molar-refractivity contribution in [3.8, 4) is 5.88 Å². The van der Waals surface area contributed by atoms with E-state index in [1.807, 2.05) is 0 Å². The number of hydrogen-bond acceptors (Lipinski definition) is 7. The molecule has 2 N–H and O–H groups in total. The molecule has 0 saturated heterocycles. The molecular formula is C14H16N4O5S. The van der Waals surface area contributed by atoms with Crippen LogP contribution in [0.25, 0.3) is 0 Å². The second-order valence-corrected chi connectivity index (χ2v) is 6.96. The highest BCUT2D eigenvalue weighted by Gasteiger charge is 2.32. The van der Waals surface area contributed by atoms with Gasteiger partial charge in [0, 0.05) is 0 Å². The molecule has 2 heterocycles. The van der Waals surface area contributed by atoms with Crippen LogP contribution in [0.4, 0.5) is 0 Å². The molecule has 1 aromatic heterocycles. The van der Waals surface area contributed by atoms with E-state index in [4.69, 9.17) is 4.74 Å². The smallest absolute Gasteiger partial charge is 0.278 e. The summed E-state index contributed by atoms with van der Waals surface area (Å²) in [6.07, 6.45) is 0.300. The zero-order valence-electron chi connectivity index (χ0n) is 12.9. The van der Waals surface area contributed by atoms with Crippen molar-refractivity contribution in [1.29, 1.82) is 0 Å². The van der Waals surface area contributed by atoms with Crippen molar-refractivity contribution in [3.05, 3.63) is 35.5 Å². The molecule has 0 spiro atoms. The Morgan fingerprint density at radius 1 is 1.42 bits per heavy atom. The standard InChI is InChI=1S/C14H16N4O5S/c1-9-14(17-23-16-9)22-7-6-15-13(19)11-8-10-4-2-3-5-12(10)24(20,21)18-11/h2-5,11,18H,6-8H2,1H3,(H,15,19)/t11-/m1/s1. The van der Waals surface area contributed by atoms with Gasteiger partial charge < -0.3 is 10.1 Å². The number of aromatic nitrogens is 2. The summed E-state index contributed by atoms with van der Waals surface area (Å²) in [6.45, 7) is 2.04. The van der Waals surface area contributed by atoms with Crippen LogP contribution in [0.5, 0.6) is 5.88 Å². The maximum absolute atomic E-state index is 12.2. The lowest BCUT2D eigenvalue weighted by atomic mass is 10.1. The third kappa shape index (κ3) is 3.39. The van der Waals surface area contributed by atoms with Gasteiger partial charge in [0.05, 0.1) is 11.4 Å². The second kappa shape index (κ2) is 6.57. The van der Waals surface area contributed by atoms with E-state index in [-0.39, 0.29) is 23.9 Å². The summed E-state index contributed by atoms with van der Waals surface area (Å²) in [5.41, 5.74) is 1.13. The fourth-order valence-electron chi connectivity index (χ4n) is 2.39. The fourth-order valence-corrected chi connectivity index (χ4v) is 3.84. The van der Waals surface area contributed by atoms with Crippen molar-refractivity contribution in [3.63, 3.8) is 0 Å². The molecule has 0 bridgehead atoms. The number of carbonyl (C=O) groups excluding carboxylic acids is 1. The molecule has 128 valence electrons. The molecule has 1 amide bonds. The van der Waals surface area contributed by atoms with E-state index < -0.39 is 22.0 Å². The predicted octanol–water partition coefficient (Wildman–Crippen LogP) is -0.224. The maximum atomic E-state index is 12.2. The maximum Gasteiger partial charge on any atom is 0.278 e. The summed E-state index contributed by atoms with van der Waals surface area (Å²) in [6, 6.07) is 5.78. The number of nitrogens with zero attached hydrogens (tertiary/aromatic N) is 2. The lowest BCUT2D eigenvalue weighted by Gasteiger charge is -2.25. The third-order valence-corrected chi connectivity index (χ3v) is 5.12. The van der Waals surface area contributed by atoms with Crippen LogP contribution in [0.15, 0.2) is 33.8 Å². The van der Waals surface area contributed by atoms with Gasteiger partial charge >= 0.3 is 0 Å². The summed E-state index contributed by atoms with van der Waals surface area (Å²) in [7, 11) is -3.68. The molecule has 1 atom stereocenters. The van der Waals surface area contributed by atoms with Gasteiger partial charge in [-0.15, -0.1) is 0 Å². The Hall–Kier alpha value is -2.46. The summed E-state index contributed by atoms with van der Waals surface area (Å²) >= 11 is 0. The number of ether oxygens (including phenoxy) is 1. The summed E-state index contributed by atoms with van der Waals surface area (Å²) in [4.78, 5) is 12.4. The van der Waals surface area contributed by atoms with Gasteiger partial charge in [-0.2, -0.15) is 4.72 Å². The molecule has 0 saturated carbocycles. The molecule has 10 heteroatoms. The van der Waals surface area contributed by atoms with Crippen molar-refractivity contribution < 1.29 is 22.6 Å². The minimum absolute atomic E-state index is 0.164. The number of amides is 1. The lowest BCUT2D eigenvalue weighted by molar-refractivity contribution is -0.122. The Morgan fingerprint density at radius 2 is 2.21 bits per heavy atom. The number of hydrogen-bond donors (Lipinski definition) is 2. The van der Waals surface area contributed by atoms with Crippen LogP contribution >= 0.6 is 0 Å². The number of nitrogens with one attached hydrogen (secondary N) is 2. The van der Waals surface area contributed by atoms with E-state index in [9.17, 15) is 13.2 Å². The van der Waals surface area contributed by atoms with Crippen molar-refractivity contribution in [2.75, 3.05) is 13.2 Å². The number of fused-ring (bicyclic) bond motifs is 1. The fraction of sp³-hybridized carbons (Fsp3) is 0.357. The van der Waals surface area contributed by atoms with Gasteiger partial charge in [-0.1, -0.05) is 23.4 Å². The number of sulfonamides is 1. The number of carbonyl (C=O) groups is 1. The lowest BCUT2D eigenvalue weighted by Crippen LogP contribution is -2.51. The van der Waals surface area contributed by atoms with E-state index >= 15 is 0 Å². The van der Waals surface area contributed by atoms with Crippen LogP contribution in [0, 0.1) is 6.92 Å². The summed E-state index contributed by atoms with van der Waals surface area (Å²) in [5, 5.41) is 9.75. The van der Waals surface area contributed by atoms with Gasteiger partial charge in [0.1, 0.15) is 18.3 Å². The van der Waals surface area contributed by atoms with Crippen LogP contribution in [0.2, 0.25) is 0 Å². The average Bonchev–Trinajstić information content (AvgIpc) is 2.96. The monoisotopic (exact) mass is 352 g/mol. The Labute approximate surface area is 138 Å².